The summed E-state index contributed by atoms with van der Waals surface area (Å²) in [5.41, 5.74) is 0.617. The molecule has 16 heavy (non-hydrogen) atoms. The Labute approximate surface area is 94.6 Å². The minimum atomic E-state index is -2.89. The third kappa shape index (κ3) is 2.61. The summed E-state index contributed by atoms with van der Waals surface area (Å²) in [4.78, 5) is 4.19. The quantitative estimate of drug-likeness (QED) is 0.783. The van der Waals surface area contributed by atoms with Crippen molar-refractivity contribution in [2.45, 2.75) is 12.5 Å². The molecular weight excluding hydrogens is 226 g/mol. The van der Waals surface area contributed by atoms with E-state index in [1.165, 1.54) is 0 Å². The lowest BCUT2D eigenvalue weighted by Crippen LogP contribution is -2.07. The molecule has 2 rings (SSSR count). The summed E-state index contributed by atoms with van der Waals surface area (Å²) in [7, 11) is -2.89. The van der Waals surface area contributed by atoms with Crippen molar-refractivity contribution in [1.29, 1.82) is 0 Å². The van der Waals surface area contributed by atoms with E-state index in [1.807, 2.05) is 0 Å². The number of hydrogen-bond donors (Lipinski definition) is 1. The third-order valence-corrected chi connectivity index (χ3v) is 4.32. The maximum atomic E-state index is 11.2. The van der Waals surface area contributed by atoms with Crippen molar-refractivity contribution >= 4 is 16.1 Å². The van der Waals surface area contributed by atoms with Crippen molar-refractivity contribution in [3.8, 4) is 5.75 Å². The van der Waals surface area contributed by atoms with Crippen LogP contribution >= 0.6 is 0 Å². The zero-order valence-electron chi connectivity index (χ0n) is 8.70. The first-order valence-corrected chi connectivity index (χ1v) is 6.90. The maximum absolute atomic E-state index is 11.2. The fourth-order valence-electron chi connectivity index (χ4n) is 1.68. The lowest BCUT2D eigenvalue weighted by atomic mass is 10.2. The van der Waals surface area contributed by atoms with Crippen LogP contribution in [-0.4, -0.2) is 37.3 Å². The van der Waals surface area contributed by atoms with Gasteiger partial charge >= 0.3 is 0 Å². The van der Waals surface area contributed by atoms with Gasteiger partial charge in [0, 0.05) is 11.8 Å². The Bertz CT molecular complexity index is 508. The molecule has 1 saturated heterocycles. The van der Waals surface area contributed by atoms with E-state index in [4.69, 9.17) is 0 Å². The van der Waals surface area contributed by atoms with Gasteiger partial charge in [0.05, 0.1) is 17.5 Å². The van der Waals surface area contributed by atoms with Crippen LogP contribution in [0.1, 0.15) is 12.0 Å². The van der Waals surface area contributed by atoms with Crippen LogP contribution in [0.15, 0.2) is 29.3 Å². The average Bonchev–Trinajstić information content (AvgIpc) is 2.57. The molecule has 1 unspecified atom stereocenters. The molecule has 0 aliphatic carbocycles. The number of nitrogens with zero attached hydrogens (tertiary/aromatic N) is 1. The summed E-state index contributed by atoms with van der Waals surface area (Å²) in [5, 5.41) is 9.48. The number of aliphatic imine (C=N–C) groups is 1. The number of rotatable bonds is 2. The number of aromatic hydroxyl groups is 1. The molecule has 1 atom stereocenters. The second-order valence-electron chi connectivity index (χ2n) is 3.89. The van der Waals surface area contributed by atoms with Gasteiger partial charge in [-0.1, -0.05) is 12.1 Å². The van der Waals surface area contributed by atoms with E-state index >= 15 is 0 Å². The topological polar surface area (TPSA) is 66.7 Å². The second kappa shape index (κ2) is 4.25. The fraction of sp³-hybridized carbons (Fsp3) is 0.364. The van der Waals surface area contributed by atoms with Gasteiger partial charge in [0.15, 0.2) is 9.84 Å². The normalized spacial score (nSPS) is 23.9. The van der Waals surface area contributed by atoms with Gasteiger partial charge in [-0.05, 0) is 18.6 Å². The van der Waals surface area contributed by atoms with Crippen LogP contribution in [-0.2, 0) is 9.84 Å². The highest BCUT2D eigenvalue weighted by atomic mass is 32.2. The zero-order valence-corrected chi connectivity index (χ0v) is 9.52. The first-order valence-electron chi connectivity index (χ1n) is 5.08. The predicted octanol–water partition coefficient (Wildman–Crippen LogP) is 0.998. The molecule has 1 heterocycles. The molecule has 0 saturated carbocycles. The van der Waals surface area contributed by atoms with Crippen LogP contribution < -0.4 is 0 Å². The highest BCUT2D eigenvalue weighted by Gasteiger charge is 2.26. The Morgan fingerprint density at radius 3 is 2.75 bits per heavy atom. The van der Waals surface area contributed by atoms with Crippen LogP contribution in [0.4, 0.5) is 0 Å². The van der Waals surface area contributed by atoms with E-state index < -0.39 is 9.84 Å². The van der Waals surface area contributed by atoms with Crippen molar-refractivity contribution in [2.24, 2.45) is 4.99 Å². The average molecular weight is 239 g/mol. The van der Waals surface area contributed by atoms with Crippen LogP contribution in [0.25, 0.3) is 0 Å². The Kier molecular flexibility index (Phi) is 2.96. The number of phenolic OH excluding ortho intramolecular Hbond substituents is 1. The molecule has 86 valence electrons. The Balaban J connectivity index is 2.09. The third-order valence-electron chi connectivity index (χ3n) is 2.57. The summed E-state index contributed by atoms with van der Waals surface area (Å²) < 4.78 is 22.4. The first kappa shape index (κ1) is 11.1. The Morgan fingerprint density at radius 2 is 2.12 bits per heavy atom. The second-order valence-corrected chi connectivity index (χ2v) is 6.12. The van der Waals surface area contributed by atoms with Crippen LogP contribution in [0.2, 0.25) is 0 Å². The monoisotopic (exact) mass is 239 g/mol. The number of phenols is 1. The minimum absolute atomic E-state index is 0.122. The van der Waals surface area contributed by atoms with Crippen molar-refractivity contribution in [1.82, 2.24) is 0 Å². The molecule has 1 aliphatic heterocycles. The van der Waals surface area contributed by atoms with Crippen LogP contribution in [0.5, 0.6) is 5.75 Å². The highest BCUT2D eigenvalue weighted by Crippen LogP contribution is 2.17. The lowest BCUT2D eigenvalue weighted by molar-refractivity contribution is 0.474. The molecule has 1 aliphatic rings. The van der Waals surface area contributed by atoms with Gasteiger partial charge < -0.3 is 5.11 Å². The molecule has 1 fully saturated rings. The van der Waals surface area contributed by atoms with Gasteiger partial charge in [-0.25, -0.2) is 8.42 Å². The first-order chi connectivity index (χ1) is 7.57. The predicted molar refractivity (Wildman–Crippen MR) is 62.8 cm³/mol. The maximum Gasteiger partial charge on any atom is 0.152 e. The summed E-state index contributed by atoms with van der Waals surface area (Å²) in [6, 6.07) is 6.68. The number of hydrogen-bond acceptors (Lipinski definition) is 4. The highest BCUT2D eigenvalue weighted by molar-refractivity contribution is 7.91. The molecule has 0 amide bonds. The largest absolute Gasteiger partial charge is 0.507 e. The van der Waals surface area contributed by atoms with E-state index in [0.717, 1.165) is 0 Å². The molecule has 0 aromatic heterocycles. The molecule has 0 spiro atoms. The number of para-hydroxylation sites is 1. The fourth-order valence-corrected chi connectivity index (χ4v) is 3.31. The van der Waals surface area contributed by atoms with E-state index in [0.29, 0.717) is 12.0 Å². The molecule has 5 heteroatoms. The molecule has 4 nitrogen and oxygen atoms in total. The van der Waals surface area contributed by atoms with Gasteiger partial charge in [-0.15, -0.1) is 0 Å². The van der Waals surface area contributed by atoms with Crippen molar-refractivity contribution < 1.29 is 13.5 Å². The van der Waals surface area contributed by atoms with Crippen LogP contribution in [0, 0.1) is 0 Å². The number of sulfone groups is 1. The lowest BCUT2D eigenvalue weighted by Gasteiger charge is -2.00. The molecule has 1 aromatic carbocycles. The standard InChI is InChI=1S/C11H13NO3S/c13-11-4-2-1-3-9(11)7-12-10-5-6-16(14,15)8-10/h1-4,7,10,13H,5-6,8H2. The van der Waals surface area contributed by atoms with Gasteiger partial charge in [-0.3, -0.25) is 4.99 Å². The summed E-state index contributed by atoms with van der Waals surface area (Å²) in [5.74, 6) is 0.500. The Morgan fingerprint density at radius 1 is 1.38 bits per heavy atom. The van der Waals surface area contributed by atoms with Gasteiger partial charge in [-0.2, -0.15) is 0 Å². The summed E-state index contributed by atoms with van der Waals surface area (Å²) in [6.07, 6.45) is 2.12. The van der Waals surface area contributed by atoms with Crippen LogP contribution in [0.3, 0.4) is 0 Å². The smallest absolute Gasteiger partial charge is 0.152 e. The van der Waals surface area contributed by atoms with Crippen molar-refractivity contribution in [2.75, 3.05) is 11.5 Å². The van der Waals surface area contributed by atoms with Gasteiger partial charge in [0.25, 0.3) is 0 Å². The molecule has 1 aromatic rings. The molecule has 1 N–H and O–H groups in total. The van der Waals surface area contributed by atoms with Crippen molar-refractivity contribution in [3.05, 3.63) is 29.8 Å². The summed E-state index contributed by atoms with van der Waals surface area (Å²) >= 11 is 0. The summed E-state index contributed by atoms with van der Waals surface area (Å²) in [6.45, 7) is 0. The SMILES string of the molecule is O=S1(=O)CCC(N=Cc2ccccc2O)C1. The minimum Gasteiger partial charge on any atom is -0.507 e. The zero-order chi connectivity index (χ0) is 11.6. The molecule has 0 bridgehead atoms. The van der Waals surface area contributed by atoms with E-state index in [-0.39, 0.29) is 23.3 Å². The molecule has 0 radical (unpaired) electrons. The molecular formula is C11H13NO3S. The van der Waals surface area contributed by atoms with Crippen molar-refractivity contribution in [3.63, 3.8) is 0 Å². The van der Waals surface area contributed by atoms with Gasteiger partial charge in [0.1, 0.15) is 5.75 Å². The van der Waals surface area contributed by atoms with Gasteiger partial charge in [0.2, 0.25) is 0 Å². The van der Waals surface area contributed by atoms with E-state index in [2.05, 4.69) is 4.99 Å². The number of benzene rings is 1. The van der Waals surface area contributed by atoms with E-state index in [1.54, 1.807) is 30.5 Å². The van der Waals surface area contributed by atoms with E-state index in [9.17, 15) is 13.5 Å². The Hall–Kier alpha value is -1.36.